The highest BCUT2D eigenvalue weighted by Crippen LogP contribution is 2.35. The molecule has 2 aromatic heterocycles. The molecule has 108 valence electrons. The summed E-state index contributed by atoms with van der Waals surface area (Å²) in [5, 5.41) is 0. The molecular formula is C14H18BrN3O2. The van der Waals surface area contributed by atoms with E-state index in [-0.39, 0.29) is 12.1 Å². The Morgan fingerprint density at radius 1 is 1.45 bits per heavy atom. The molecule has 5 nitrogen and oxygen atoms in total. The SMILES string of the molecule is CC(C)n1c(C2COC(C)(C)O2)nc2cnc(Br)cc21. The zero-order valence-corrected chi connectivity index (χ0v) is 13.6. The van der Waals surface area contributed by atoms with Gasteiger partial charge < -0.3 is 14.0 Å². The second kappa shape index (κ2) is 4.79. The van der Waals surface area contributed by atoms with Gasteiger partial charge in [-0.3, -0.25) is 0 Å². The van der Waals surface area contributed by atoms with E-state index < -0.39 is 5.79 Å². The average molecular weight is 340 g/mol. The third-order valence-corrected chi connectivity index (χ3v) is 3.82. The number of aromatic nitrogens is 3. The van der Waals surface area contributed by atoms with Crippen LogP contribution < -0.4 is 0 Å². The van der Waals surface area contributed by atoms with Gasteiger partial charge in [-0.15, -0.1) is 0 Å². The zero-order valence-electron chi connectivity index (χ0n) is 12.1. The Bertz CT molecular complexity index is 651. The van der Waals surface area contributed by atoms with E-state index in [1.807, 2.05) is 19.9 Å². The molecule has 1 aliphatic rings. The van der Waals surface area contributed by atoms with Crippen molar-refractivity contribution in [2.45, 2.75) is 45.6 Å². The predicted octanol–water partition coefficient (Wildman–Crippen LogP) is 3.60. The summed E-state index contributed by atoms with van der Waals surface area (Å²) in [6.07, 6.45) is 1.64. The average Bonchev–Trinajstić information content (AvgIpc) is 2.88. The number of nitrogens with zero attached hydrogens (tertiary/aromatic N) is 3. The molecule has 1 fully saturated rings. The standard InChI is InChI=1S/C14H18BrN3O2/c1-8(2)18-10-5-12(15)16-6-9(10)17-13(18)11-7-19-14(3,4)20-11/h5-6,8,11H,7H2,1-4H3. The highest BCUT2D eigenvalue weighted by molar-refractivity contribution is 9.10. The monoisotopic (exact) mass is 339 g/mol. The van der Waals surface area contributed by atoms with Crippen LogP contribution in [0.5, 0.6) is 0 Å². The quantitative estimate of drug-likeness (QED) is 0.784. The van der Waals surface area contributed by atoms with Crippen LogP contribution in [0.25, 0.3) is 11.0 Å². The van der Waals surface area contributed by atoms with E-state index >= 15 is 0 Å². The van der Waals surface area contributed by atoms with Crippen LogP contribution in [0.4, 0.5) is 0 Å². The Hall–Kier alpha value is -0.980. The summed E-state index contributed by atoms with van der Waals surface area (Å²) in [6, 6.07) is 2.28. The Morgan fingerprint density at radius 2 is 2.20 bits per heavy atom. The molecule has 0 saturated carbocycles. The van der Waals surface area contributed by atoms with Crippen molar-refractivity contribution in [2.75, 3.05) is 6.61 Å². The maximum Gasteiger partial charge on any atom is 0.164 e. The Morgan fingerprint density at radius 3 is 2.80 bits per heavy atom. The van der Waals surface area contributed by atoms with Crippen molar-refractivity contribution in [2.24, 2.45) is 0 Å². The van der Waals surface area contributed by atoms with Crippen LogP contribution in [0.3, 0.4) is 0 Å². The highest BCUT2D eigenvalue weighted by Gasteiger charge is 2.36. The van der Waals surface area contributed by atoms with Crippen LogP contribution in [0, 0.1) is 0 Å². The summed E-state index contributed by atoms with van der Waals surface area (Å²) in [7, 11) is 0. The van der Waals surface area contributed by atoms with Gasteiger partial charge in [0, 0.05) is 6.04 Å². The van der Waals surface area contributed by atoms with Gasteiger partial charge in [0.15, 0.2) is 5.79 Å². The van der Waals surface area contributed by atoms with E-state index in [1.54, 1.807) is 6.20 Å². The van der Waals surface area contributed by atoms with Crippen LogP contribution in [0.15, 0.2) is 16.9 Å². The van der Waals surface area contributed by atoms with Crippen molar-refractivity contribution in [1.29, 1.82) is 0 Å². The number of rotatable bonds is 2. The lowest BCUT2D eigenvalue weighted by Gasteiger charge is -2.19. The van der Waals surface area contributed by atoms with Crippen LogP contribution in [-0.4, -0.2) is 26.9 Å². The molecule has 0 aromatic carbocycles. The molecule has 1 unspecified atom stereocenters. The molecule has 6 heteroatoms. The summed E-state index contributed by atoms with van der Waals surface area (Å²) in [4.78, 5) is 8.94. The lowest BCUT2D eigenvalue weighted by molar-refractivity contribution is -0.140. The number of hydrogen-bond donors (Lipinski definition) is 0. The predicted molar refractivity (Wildman–Crippen MR) is 79.5 cm³/mol. The van der Waals surface area contributed by atoms with Crippen LogP contribution in [0.1, 0.15) is 45.7 Å². The normalized spacial score (nSPS) is 22.0. The molecule has 0 amide bonds. The lowest BCUT2D eigenvalue weighted by Crippen LogP contribution is -2.20. The van der Waals surface area contributed by atoms with Crippen LogP contribution in [0.2, 0.25) is 0 Å². The highest BCUT2D eigenvalue weighted by atomic mass is 79.9. The van der Waals surface area contributed by atoms with Gasteiger partial charge in [-0.2, -0.15) is 0 Å². The lowest BCUT2D eigenvalue weighted by atomic mass is 10.3. The van der Waals surface area contributed by atoms with Gasteiger partial charge in [0.25, 0.3) is 0 Å². The first-order chi connectivity index (χ1) is 9.37. The molecule has 0 N–H and O–H groups in total. The third kappa shape index (κ3) is 2.36. The number of fused-ring (bicyclic) bond motifs is 1. The zero-order chi connectivity index (χ0) is 14.5. The Kier molecular flexibility index (Phi) is 3.35. The largest absolute Gasteiger partial charge is 0.347 e. The minimum absolute atomic E-state index is 0.140. The first kappa shape index (κ1) is 14.0. The van der Waals surface area contributed by atoms with E-state index in [0.717, 1.165) is 21.5 Å². The molecule has 1 saturated heterocycles. The fourth-order valence-electron chi connectivity index (χ4n) is 2.58. The second-order valence-electron chi connectivity index (χ2n) is 5.75. The molecule has 2 aromatic rings. The van der Waals surface area contributed by atoms with Crippen molar-refractivity contribution in [1.82, 2.24) is 14.5 Å². The Labute approximate surface area is 126 Å². The van der Waals surface area contributed by atoms with Gasteiger partial charge in [0.05, 0.1) is 18.3 Å². The van der Waals surface area contributed by atoms with Gasteiger partial charge >= 0.3 is 0 Å². The van der Waals surface area contributed by atoms with Gasteiger partial charge in [-0.1, -0.05) is 0 Å². The minimum Gasteiger partial charge on any atom is -0.347 e. The third-order valence-electron chi connectivity index (χ3n) is 3.38. The summed E-state index contributed by atoms with van der Waals surface area (Å²) < 4.78 is 14.6. The molecule has 0 spiro atoms. The van der Waals surface area contributed by atoms with Gasteiger partial charge in [-0.05, 0) is 49.7 Å². The van der Waals surface area contributed by atoms with Crippen molar-refractivity contribution < 1.29 is 9.47 Å². The molecule has 3 heterocycles. The second-order valence-corrected chi connectivity index (χ2v) is 6.56. The number of ether oxygens (including phenoxy) is 2. The number of halogens is 1. The maximum atomic E-state index is 5.95. The smallest absolute Gasteiger partial charge is 0.164 e. The summed E-state index contributed by atoms with van der Waals surface area (Å²) in [6.45, 7) is 8.65. The van der Waals surface area contributed by atoms with E-state index in [2.05, 4.69) is 39.3 Å². The minimum atomic E-state index is -0.552. The summed E-state index contributed by atoms with van der Waals surface area (Å²) >= 11 is 3.42. The summed E-state index contributed by atoms with van der Waals surface area (Å²) in [5.74, 6) is 0.351. The van der Waals surface area contributed by atoms with E-state index in [1.165, 1.54) is 0 Å². The van der Waals surface area contributed by atoms with Crippen LogP contribution >= 0.6 is 15.9 Å². The number of imidazole rings is 1. The molecule has 1 atom stereocenters. The first-order valence-corrected chi connectivity index (χ1v) is 7.52. The fraction of sp³-hybridized carbons (Fsp3) is 0.571. The molecule has 1 aliphatic heterocycles. The molecule has 0 bridgehead atoms. The maximum absolute atomic E-state index is 5.95. The number of pyridine rings is 1. The topological polar surface area (TPSA) is 49.2 Å². The fourth-order valence-corrected chi connectivity index (χ4v) is 2.90. The van der Waals surface area contributed by atoms with Crippen molar-refractivity contribution in [3.8, 4) is 0 Å². The Balaban J connectivity index is 2.13. The molecule has 20 heavy (non-hydrogen) atoms. The van der Waals surface area contributed by atoms with E-state index in [4.69, 9.17) is 14.5 Å². The first-order valence-electron chi connectivity index (χ1n) is 6.72. The molecular weight excluding hydrogens is 322 g/mol. The van der Waals surface area contributed by atoms with Gasteiger partial charge in [0.1, 0.15) is 22.0 Å². The van der Waals surface area contributed by atoms with E-state index in [9.17, 15) is 0 Å². The van der Waals surface area contributed by atoms with Gasteiger partial charge in [0.2, 0.25) is 0 Å². The molecule has 0 radical (unpaired) electrons. The van der Waals surface area contributed by atoms with Crippen molar-refractivity contribution in [3.05, 3.63) is 22.7 Å². The van der Waals surface area contributed by atoms with Crippen molar-refractivity contribution >= 4 is 27.0 Å². The van der Waals surface area contributed by atoms with Gasteiger partial charge in [-0.25, -0.2) is 9.97 Å². The van der Waals surface area contributed by atoms with Crippen molar-refractivity contribution in [3.63, 3.8) is 0 Å². The summed E-state index contributed by atoms with van der Waals surface area (Å²) in [5.41, 5.74) is 1.94. The molecule has 0 aliphatic carbocycles. The molecule has 3 rings (SSSR count). The van der Waals surface area contributed by atoms with E-state index in [0.29, 0.717) is 6.61 Å². The van der Waals surface area contributed by atoms with Crippen LogP contribution in [-0.2, 0) is 9.47 Å². The number of hydrogen-bond acceptors (Lipinski definition) is 4.